The van der Waals surface area contributed by atoms with Crippen LogP contribution in [0.15, 0.2) is 0 Å². The van der Waals surface area contributed by atoms with Crippen LogP contribution >= 0.6 is 0 Å². The fraction of sp³-hybridized carbons (Fsp3) is 0.870. The van der Waals surface area contributed by atoms with Crippen molar-refractivity contribution >= 4 is 24.9 Å². The highest BCUT2D eigenvalue weighted by atomic mass is 16.7. The van der Waals surface area contributed by atoms with Crippen LogP contribution in [0, 0.1) is 5.92 Å². The lowest BCUT2D eigenvalue weighted by molar-refractivity contribution is -0.161. The summed E-state index contributed by atoms with van der Waals surface area (Å²) in [6.07, 6.45) is 2.39. The summed E-state index contributed by atoms with van der Waals surface area (Å²) >= 11 is 0. The summed E-state index contributed by atoms with van der Waals surface area (Å²) in [4.78, 5) is 37.4. The molecule has 0 unspecified atom stereocenters. The molecule has 1 aliphatic heterocycles. The summed E-state index contributed by atoms with van der Waals surface area (Å²) in [5.74, 6) is -0.994. The second-order valence-corrected chi connectivity index (χ2v) is 11.4. The van der Waals surface area contributed by atoms with Crippen molar-refractivity contribution in [2.45, 2.75) is 123 Å². The van der Waals surface area contributed by atoms with Crippen molar-refractivity contribution < 1.29 is 28.4 Å². The normalized spacial score (nSPS) is 29.3. The molecule has 182 valence electrons. The Morgan fingerprint density at radius 3 is 2.06 bits per heavy atom. The summed E-state index contributed by atoms with van der Waals surface area (Å²) in [7, 11) is -0.315. The Morgan fingerprint density at radius 2 is 1.59 bits per heavy atom. The maximum atomic E-state index is 13.5. The largest absolute Gasteiger partial charge is 0.459 e. The lowest BCUT2D eigenvalue weighted by Crippen LogP contribution is -2.69. The van der Waals surface area contributed by atoms with Crippen molar-refractivity contribution in [2.75, 3.05) is 0 Å². The fourth-order valence-corrected chi connectivity index (χ4v) is 4.58. The number of hydrogen-bond donors (Lipinski definition) is 2. The number of ether oxygens (including phenoxy) is 1. The van der Waals surface area contributed by atoms with Crippen molar-refractivity contribution in [3.8, 4) is 0 Å². The van der Waals surface area contributed by atoms with E-state index in [-0.39, 0.29) is 24.9 Å². The first-order chi connectivity index (χ1) is 14.5. The van der Waals surface area contributed by atoms with Gasteiger partial charge in [0.25, 0.3) is 0 Å². The average molecular weight is 452 g/mol. The molecule has 9 heteroatoms. The standard InChI is InChI=1S/C23H41BN2O6/c1-15(27)25-23(19(29)26-20(3,4)5)14-17(10-11-18(23)30-16(2)28)12-13-24-31-21(6,7)22(8,9)32-24/h17-18H,10-14H2,1-9H3,(H,25,27)(H,26,29)/t17-,18-,23-/m0/s1. The molecule has 3 atom stereocenters. The smallest absolute Gasteiger partial charge is 0.457 e. The van der Waals surface area contributed by atoms with Gasteiger partial charge in [0.1, 0.15) is 6.10 Å². The van der Waals surface area contributed by atoms with Gasteiger partial charge in [0.2, 0.25) is 11.8 Å². The van der Waals surface area contributed by atoms with Crippen molar-refractivity contribution in [1.82, 2.24) is 10.6 Å². The van der Waals surface area contributed by atoms with Gasteiger partial charge in [-0.1, -0.05) is 6.42 Å². The molecule has 2 aliphatic rings. The molecule has 0 aromatic rings. The first-order valence-electron chi connectivity index (χ1n) is 11.6. The van der Waals surface area contributed by atoms with Gasteiger partial charge in [-0.2, -0.15) is 0 Å². The molecule has 1 saturated heterocycles. The Morgan fingerprint density at radius 1 is 1.03 bits per heavy atom. The maximum Gasteiger partial charge on any atom is 0.457 e. The third kappa shape index (κ3) is 6.25. The molecule has 0 spiro atoms. The summed E-state index contributed by atoms with van der Waals surface area (Å²) < 4.78 is 17.8. The average Bonchev–Trinajstić information content (AvgIpc) is 2.79. The summed E-state index contributed by atoms with van der Waals surface area (Å²) in [5.41, 5.74) is -2.60. The van der Waals surface area contributed by atoms with E-state index < -0.39 is 34.4 Å². The van der Waals surface area contributed by atoms with E-state index in [2.05, 4.69) is 10.6 Å². The van der Waals surface area contributed by atoms with Crippen LogP contribution in [0.2, 0.25) is 6.32 Å². The molecular weight excluding hydrogens is 411 g/mol. The molecule has 8 nitrogen and oxygen atoms in total. The lowest BCUT2D eigenvalue weighted by Gasteiger charge is -2.46. The summed E-state index contributed by atoms with van der Waals surface area (Å²) in [6.45, 7) is 16.4. The number of carbonyl (C=O) groups excluding carboxylic acids is 3. The maximum absolute atomic E-state index is 13.5. The zero-order valence-corrected chi connectivity index (χ0v) is 21.2. The fourth-order valence-electron chi connectivity index (χ4n) is 4.58. The minimum Gasteiger partial charge on any atom is -0.459 e. The van der Waals surface area contributed by atoms with Gasteiger partial charge >= 0.3 is 13.1 Å². The Labute approximate surface area is 193 Å². The highest BCUT2D eigenvalue weighted by molar-refractivity contribution is 6.45. The van der Waals surface area contributed by atoms with E-state index in [0.717, 1.165) is 12.8 Å². The molecular formula is C23H41BN2O6. The van der Waals surface area contributed by atoms with Crippen molar-refractivity contribution in [1.29, 1.82) is 0 Å². The van der Waals surface area contributed by atoms with Gasteiger partial charge in [-0.05, 0) is 80.0 Å². The molecule has 0 bridgehead atoms. The van der Waals surface area contributed by atoms with E-state index in [0.29, 0.717) is 19.2 Å². The van der Waals surface area contributed by atoms with Gasteiger partial charge in [-0.3, -0.25) is 14.4 Å². The predicted octanol–water partition coefficient (Wildman–Crippen LogP) is 2.99. The Hall–Kier alpha value is -1.61. The quantitative estimate of drug-likeness (QED) is 0.475. The van der Waals surface area contributed by atoms with E-state index >= 15 is 0 Å². The Kier molecular flexibility index (Phi) is 7.77. The van der Waals surface area contributed by atoms with Crippen LogP contribution in [0.1, 0.15) is 88.0 Å². The van der Waals surface area contributed by atoms with E-state index in [4.69, 9.17) is 14.0 Å². The van der Waals surface area contributed by atoms with Crippen molar-refractivity contribution in [3.63, 3.8) is 0 Å². The van der Waals surface area contributed by atoms with E-state index in [1.165, 1.54) is 13.8 Å². The topological polar surface area (TPSA) is 103 Å². The first kappa shape index (κ1) is 26.6. The van der Waals surface area contributed by atoms with Crippen LogP contribution in [-0.2, 0) is 28.4 Å². The highest BCUT2D eigenvalue weighted by Crippen LogP contribution is 2.41. The molecule has 1 aliphatic carbocycles. The van der Waals surface area contributed by atoms with Crippen LogP contribution in [0.25, 0.3) is 0 Å². The zero-order valence-electron chi connectivity index (χ0n) is 21.2. The molecule has 0 aromatic heterocycles. The molecule has 0 radical (unpaired) electrons. The third-order valence-corrected chi connectivity index (χ3v) is 6.71. The number of hydrogen-bond acceptors (Lipinski definition) is 6. The predicted molar refractivity (Wildman–Crippen MR) is 123 cm³/mol. The summed E-state index contributed by atoms with van der Waals surface area (Å²) in [6, 6.07) is 0. The van der Waals surface area contributed by atoms with Crippen LogP contribution in [-0.4, -0.2) is 53.3 Å². The molecule has 2 amide bonds. The van der Waals surface area contributed by atoms with Crippen molar-refractivity contribution in [2.24, 2.45) is 5.92 Å². The third-order valence-electron chi connectivity index (χ3n) is 6.71. The molecule has 2 rings (SSSR count). The van der Waals surface area contributed by atoms with Gasteiger partial charge in [0, 0.05) is 19.4 Å². The van der Waals surface area contributed by atoms with Gasteiger partial charge in [-0.15, -0.1) is 0 Å². The molecule has 32 heavy (non-hydrogen) atoms. The number of carbonyl (C=O) groups is 3. The van der Waals surface area contributed by atoms with Crippen molar-refractivity contribution in [3.05, 3.63) is 0 Å². The van der Waals surface area contributed by atoms with Crippen LogP contribution < -0.4 is 10.6 Å². The Balaban J connectivity index is 2.22. The first-order valence-corrected chi connectivity index (χ1v) is 11.6. The van der Waals surface area contributed by atoms with E-state index in [1.54, 1.807) is 0 Å². The SMILES string of the molecule is CC(=O)N[C@@]1(C(=O)NC(C)(C)C)C[C@H](CCB2OC(C)(C)C(C)(C)O2)CC[C@@H]1OC(C)=O. The lowest BCUT2D eigenvalue weighted by atomic mass is 9.68. The molecule has 1 heterocycles. The van der Waals surface area contributed by atoms with E-state index in [9.17, 15) is 14.4 Å². The zero-order chi connectivity index (χ0) is 24.5. The van der Waals surface area contributed by atoms with Gasteiger partial charge < -0.3 is 24.7 Å². The highest BCUT2D eigenvalue weighted by Gasteiger charge is 2.54. The molecule has 2 fully saturated rings. The number of amides is 2. The summed E-state index contributed by atoms with van der Waals surface area (Å²) in [5, 5.41) is 5.85. The molecule has 0 aromatic carbocycles. The second kappa shape index (κ2) is 9.33. The molecule has 1 saturated carbocycles. The minimum absolute atomic E-state index is 0.137. The van der Waals surface area contributed by atoms with Crippen LogP contribution in [0.5, 0.6) is 0 Å². The monoisotopic (exact) mass is 452 g/mol. The number of nitrogens with one attached hydrogen (secondary N) is 2. The minimum atomic E-state index is -1.32. The second-order valence-electron chi connectivity index (χ2n) is 11.4. The number of esters is 1. The number of rotatable bonds is 6. The van der Waals surface area contributed by atoms with Gasteiger partial charge in [-0.25, -0.2) is 0 Å². The van der Waals surface area contributed by atoms with Crippen LogP contribution in [0.4, 0.5) is 0 Å². The van der Waals surface area contributed by atoms with Gasteiger partial charge in [0.05, 0.1) is 11.2 Å². The molecule has 2 N–H and O–H groups in total. The Bertz CT molecular complexity index is 716. The van der Waals surface area contributed by atoms with Crippen LogP contribution in [0.3, 0.4) is 0 Å². The van der Waals surface area contributed by atoms with Gasteiger partial charge in [0.15, 0.2) is 5.54 Å². The van der Waals surface area contributed by atoms with E-state index in [1.807, 2.05) is 48.5 Å².